The lowest BCUT2D eigenvalue weighted by atomic mass is 10.0. The third-order valence-electron chi connectivity index (χ3n) is 7.93. The molecule has 0 bridgehead atoms. The molecule has 1 fully saturated rings. The molecule has 0 atom stereocenters. The van der Waals surface area contributed by atoms with E-state index in [1.54, 1.807) is 41.7 Å². The van der Waals surface area contributed by atoms with E-state index in [4.69, 9.17) is 9.72 Å². The zero-order chi connectivity index (χ0) is 30.8. The van der Waals surface area contributed by atoms with Crippen molar-refractivity contribution >= 4 is 59.9 Å². The Kier molecular flexibility index (Phi) is 9.01. The van der Waals surface area contributed by atoms with Gasteiger partial charge in [0.2, 0.25) is 10.0 Å². The summed E-state index contributed by atoms with van der Waals surface area (Å²) in [6.07, 6.45) is 1.55. The molecule has 13 heteroatoms. The van der Waals surface area contributed by atoms with Crippen LogP contribution in [-0.2, 0) is 27.7 Å². The van der Waals surface area contributed by atoms with Crippen molar-refractivity contribution in [1.29, 1.82) is 0 Å². The van der Waals surface area contributed by atoms with Crippen molar-refractivity contribution in [3.8, 4) is 10.6 Å². The number of ether oxygens (including phenoxy) is 1. The average molecular weight is 654 g/mol. The molecule has 0 radical (unpaired) electrons. The molecule has 4 aromatic rings. The second kappa shape index (κ2) is 12.9. The van der Waals surface area contributed by atoms with Crippen LogP contribution in [0.1, 0.15) is 41.1 Å². The molecular formula is C31H35N5O5S3. The topological polar surface area (TPSA) is 112 Å². The zero-order valence-corrected chi connectivity index (χ0v) is 27.2. The monoisotopic (exact) mass is 653 g/mol. The fraction of sp³-hybridized carbons (Fsp3) is 0.387. The summed E-state index contributed by atoms with van der Waals surface area (Å²) in [4.78, 5) is 35.8. The number of aromatic nitrogens is 1. The average Bonchev–Trinajstić information content (AvgIpc) is 3.62. The summed E-state index contributed by atoms with van der Waals surface area (Å²) in [5, 5.41) is 4.81. The highest BCUT2D eigenvalue weighted by atomic mass is 32.2. The van der Waals surface area contributed by atoms with Gasteiger partial charge in [-0.15, -0.1) is 22.7 Å². The van der Waals surface area contributed by atoms with Gasteiger partial charge in [0.1, 0.15) is 10.0 Å². The summed E-state index contributed by atoms with van der Waals surface area (Å²) in [6.45, 7) is 7.92. The number of piperazine rings is 1. The first-order chi connectivity index (χ1) is 21.3. The van der Waals surface area contributed by atoms with Gasteiger partial charge in [-0.2, -0.15) is 4.31 Å². The second-order valence-corrected chi connectivity index (χ2v) is 14.9. The van der Waals surface area contributed by atoms with Gasteiger partial charge in [0.15, 0.2) is 0 Å². The Balaban J connectivity index is 1.21. The second-order valence-electron chi connectivity index (χ2n) is 10.8. The summed E-state index contributed by atoms with van der Waals surface area (Å²) < 4.78 is 34.1. The van der Waals surface area contributed by atoms with Gasteiger partial charge in [-0.1, -0.05) is 19.1 Å². The smallest absolute Gasteiger partial charge is 0.409 e. The van der Waals surface area contributed by atoms with Gasteiger partial charge in [-0.25, -0.2) is 18.2 Å². The first-order valence-corrected chi connectivity index (χ1v) is 17.9. The Bertz CT molecular complexity index is 1740. The van der Waals surface area contributed by atoms with E-state index in [9.17, 15) is 18.0 Å². The number of amides is 2. The van der Waals surface area contributed by atoms with Gasteiger partial charge in [-0.3, -0.25) is 9.69 Å². The Morgan fingerprint density at radius 2 is 1.73 bits per heavy atom. The molecule has 0 spiro atoms. The fourth-order valence-corrected chi connectivity index (χ4v) is 9.50. The highest BCUT2D eigenvalue weighted by Crippen LogP contribution is 2.45. The van der Waals surface area contributed by atoms with Crippen molar-refractivity contribution in [3.63, 3.8) is 0 Å². The van der Waals surface area contributed by atoms with Crippen LogP contribution in [-0.4, -0.2) is 85.4 Å². The number of thiazole rings is 1. The number of anilines is 1. The number of thiophene rings is 1. The molecule has 2 aliphatic heterocycles. The fourth-order valence-electron chi connectivity index (χ4n) is 5.69. The maximum atomic E-state index is 13.5. The Morgan fingerprint density at radius 3 is 2.43 bits per heavy atom. The van der Waals surface area contributed by atoms with E-state index in [2.05, 4.69) is 23.2 Å². The van der Waals surface area contributed by atoms with Crippen LogP contribution in [0.15, 0.2) is 53.4 Å². The number of carbonyl (C=O) groups excluding carboxylic acids is 2. The summed E-state index contributed by atoms with van der Waals surface area (Å²) in [6, 6.07) is 14.1. The molecule has 44 heavy (non-hydrogen) atoms. The molecule has 232 valence electrons. The predicted molar refractivity (Wildman–Crippen MR) is 174 cm³/mol. The normalized spacial score (nSPS) is 16.2. The van der Waals surface area contributed by atoms with Crippen molar-refractivity contribution in [2.45, 2.75) is 38.1 Å². The highest BCUT2D eigenvalue weighted by molar-refractivity contribution is 7.89. The molecular weight excluding hydrogens is 619 g/mol. The largest absolute Gasteiger partial charge is 0.450 e. The van der Waals surface area contributed by atoms with Gasteiger partial charge in [0, 0.05) is 55.3 Å². The van der Waals surface area contributed by atoms with E-state index >= 15 is 0 Å². The minimum absolute atomic E-state index is 0.108. The number of hydrogen-bond donors (Lipinski definition) is 1. The van der Waals surface area contributed by atoms with Crippen molar-refractivity contribution in [3.05, 3.63) is 64.5 Å². The Labute approximate surface area is 265 Å². The first kappa shape index (κ1) is 30.7. The molecule has 6 rings (SSSR count). The Morgan fingerprint density at radius 1 is 0.977 bits per heavy atom. The molecule has 2 amide bonds. The number of rotatable bonds is 8. The minimum atomic E-state index is -3.78. The SMILES string of the molecule is CCCN1CCc2c(sc(NC(=O)c3ccc(S(=O)(=O)N4CCN(C(=O)OCC)CC4)cc3)c2-c2nc3ccccc3s2)C1. The van der Waals surface area contributed by atoms with E-state index in [-0.39, 0.29) is 43.6 Å². The standard InChI is InChI=1S/C31H35N5O5S3/c1-3-14-34-15-13-23-26(20-34)43-30(27(23)29-32-24-7-5-6-8-25(24)42-29)33-28(37)21-9-11-22(12-10-21)44(39,40)36-18-16-35(17-19-36)31(38)41-4-2/h5-12H,3-4,13-20H2,1-2H3,(H,33,37). The molecule has 1 N–H and O–H groups in total. The summed E-state index contributed by atoms with van der Waals surface area (Å²) in [5.41, 5.74) is 3.55. The van der Waals surface area contributed by atoms with Crippen LogP contribution in [0.3, 0.4) is 0 Å². The van der Waals surface area contributed by atoms with Crippen LogP contribution in [0.2, 0.25) is 0 Å². The van der Waals surface area contributed by atoms with E-state index in [0.717, 1.165) is 58.3 Å². The van der Waals surface area contributed by atoms with Gasteiger partial charge >= 0.3 is 6.09 Å². The maximum Gasteiger partial charge on any atom is 0.409 e. The maximum absolute atomic E-state index is 13.5. The van der Waals surface area contributed by atoms with Crippen LogP contribution in [0.4, 0.5) is 9.80 Å². The zero-order valence-electron chi connectivity index (χ0n) is 24.7. The van der Waals surface area contributed by atoms with Gasteiger partial charge in [-0.05, 0) is 68.3 Å². The molecule has 2 aromatic carbocycles. The van der Waals surface area contributed by atoms with E-state index in [1.165, 1.54) is 31.8 Å². The minimum Gasteiger partial charge on any atom is -0.450 e. The number of nitrogens with zero attached hydrogens (tertiary/aromatic N) is 4. The third-order valence-corrected chi connectivity index (χ3v) is 12.0. The predicted octanol–water partition coefficient (Wildman–Crippen LogP) is 5.51. The van der Waals surface area contributed by atoms with Crippen molar-refractivity contribution in [2.24, 2.45) is 0 Å². The van der Waals surface area contributed by atoms with E-state index < -0.39 is 16.1 Å². The van der Waals surface area contributed by atoms with E-state index in [1.807, 2.05) is 18.2 Å². The van der Waals surface area contributed by atoms with Crippen LogP contribution in [0, 0.1) is 0 Å². The molecule has 2 aliphatic rings. The number of hydrogen-bond acceptors (Lipinski definition) is 9. The molecule has 10 nitrogen and oxygen atoms in total. The molecule has 0 aliphatic carbocycles. The van der Waals surface area contributed by atoms with Crippen molar-refractivity contribution in [1.82, 2.24) is 19.1 Å². The number of benzene rings is 2. The molecule has 0 saturated carbocycles. The summed E-state index contributed by atoms with van der Waals surface area (Å²) in [7, 11) is -3.78. The highest BCUT2D eigenvalue weighted by Gasteiger charge is 2.31. The third kappa shape index (κ3) is 6.11. The Hall–Kier alpha value is -3.36. The number of sulfonamides is 1. The van der Waals surface area contributed by atoms with Gasteiger partial charge in [0.05, 0.1) is 21.7 Å². The quantitative estimate of drug-likeness (QED) is 0.267. The lowest BCUT2D eigenvalue weighted by Crippen LogP contribution is -2.50. The van der Waals surface area contributed by atoms with Crippen LogP contribution >= 0.6 is 22.7 Å². The van der Waals surface area contributed by atoms with E-state index in [0.29, 0.717) is 5.56 Å². The van der Waals surface area contributed by atoms with Gasteiger partial charge in [0.25, 0.3) is 5.91 Å². The molecule has 2 aromatic heterocycles. The lowest BCUT2D eigenvalue weighted by Gasteiger charge is -2.33. The number of fused-ring (bicyclic) bond motifs is 2. The number of nitrogens with one attached hydrogen (secondary N) is 1. The van der Waals surface area contributed by atoms with Gasteiger partial charge < -0.3 is 15.0 Å². The van der Waals surface area contributed by atoms with Crippen molar-refractivity contribution < 1.29 is 22.7 Å². The van der Waals surface area contributed by atoms with Crippen molar-refractivity contribution in [2.75, 3.05) is 51.2 Å². The molecule has 4 heterocycles. The van der Waals surface area contributed by atoms with Crippen LogP contribution in [0.5, 0.6) is 0 Å². The molecule has 0 unspecified atom stereocenters. The molecule has 1 saturated heterocycles. The summed E-state index contributed by atoms with van der Waals surface area (Å²) in [5.74, 6) is -0.302. The van der Waals surface area contributed by atoms with Crippen LogP contribution < -0.4 is 5.32 Å². The lowest BCUT2D eigenvalue weighted by molar-refractivity contribution is 0.0933. The first-order valence-electron chi connectivity index (χ1n) is 14.8. The number of para-hydroxylation sites is 1. The van der Waals surface area contributed by atoms with Crippen LogP contribution in [0.25, 0.3) is 20.8 Å². The summed E-state index contributed by atoms with van der Waals surface area (Å²) >= 11 is 3.23. The number of carbonyl (C=O) groups is 2.